The minimum Gasteiger partial charge on any atom is -0.329 e. The molecule has 102 valence electrons. The third kappa shape index (κ3) is 2.45. The molecule has 4 nitrogen and oxygen atoms in total. The summed E-state index contributed by atoms with van der Waals surface area (Å²) in [6.45, 7) is 4.89. The first-order chi connectivity index (χ1) is 9.28. The zero-order valence-corrected chi connectivity index (χ0v) is 11.4. The van der Waals surface area contributed by atoms with Gasteiger partial charge in [-0.3, -0.25) is 0 Å². The van der Waals surface area contributed by atoms with Crippen LogP contribution < -0.4 is 10.6 Å². The van der Waals surface area contributed by atoms with Crippen LogP contribution in [0.25, 0.3) is 0 Å². The second kappa shape index (κ2) is 5.21. The van der Waals surface area contributed by atoms with Crippen molar-refractivity contribution in [1.29, 1.82) is 0 Å². The monoisotopic (exact) mass is 259 g/mol. The number of urea groups is 1. The Morgan fingerprint density at radius 2 is 2.11 bits per heavy atom. The molecule has 2 atom stereocenters. The molecule has 0 spiro atoms. The second-order valence-corrected chi connectivity index (χ2v) is 5.40. The number of carbonyl (C=O) groups excluding carboxylic acids is 1. The van der Waals surface area contributed by atoms with Gasteiger partial charge in [0.25, 0.3) is 0 Å². The highest BCUT2D eigenvalue weighted by Crippen LogP contribution is 2.24. The summed E-state index contributed by atoms with van der Waals surface area (Å²) in [6.07, 6.45) is 2.12. The summed E-state index contributed by atoms with van der Waals surface area (Å²) in [5.41, 5.74) is 2.55. The first-order valence-electron chi connectivity index (χ1n) is 7.14. The Hall–Kier alpha value is -1.55. The molecule has 1 aromatic rings. The van der Waals surface area contributed by atoms with Gasteiger partial charge in [0.2, 0.25) is 0 Å². The number of aryl methyl sites for hydroxylation is 1. The molecular weight excluding hydrogens is 238 g/mol. The number of amides is 2. The maximum Gasteiger partial charge on any atom is 0.318 e. The van der Waals surface area contributed by atoms with Gasteiger partial charge in [0.15, 0.2) is 0 Å². The van der Waals surface area contributed by atoms with E-state index < -0.39 is 0 Å². The summed E-state index contributed by atoms with van der Waals surface area (Å²) in [5.74, 6) is 0. The molecular formula is C15H21N3O. The Labute approximate surface area is 114 Å². The molecule has 2 amide bonds. The summed E-state index contributed by atoms with van der Waals surface area (Å²) in [7, 11) is 0. The molecule has 3 rings (SSSR count). The molecule has 2 N–H and O–H groups in total. The predicted molar refractivity (Wildman–Crippen MR) is 75.1 cm³/mol. The Bertz CT molecular complexity index is 451. The summed E-state index contributed by atoms with van der Waals surface area (Å²) in [5, 5.41) is 6.41. The fourth-order valence-corrected chi connectivity index (χ4v) is 2.95. The first kappa shape index (κ1) is 12.5. The number of benzene rings is 1. The molecule has 0 aromatic heterocycles. The van der Waals surface area contributed by atoms with Gasteiger partial charge in [0.1, 0.15) is 0 Å². The summed E-state index contributed by atoms with van der Waals surface area (Å²) < 4.78 is 0. The Balaban J connectivity index is 1.70. The van der Waals surface area contributed by atoms with E-state index in [1.165, 1.54) is 11.1 Å². The minimum absolute atomic E-state index is 0.0817. The smallest absolute Gasteiger partial charge is 0.318 e. The molecule has 2 unspecified atom stereocenters. The lowest BCUT2D eigenvalue weighted by atomic mass is 10.0. The summed E-state index contributed by atoms with van der Waals surface area (Å²) in [4.78, 5) is 14.0. The average Bonchev–Trinajstić information content (AvgIpc) is 3.08. The van der Waals surface area contributed by atoms with E-state index in [4.69, 9.17) is 0 Å². The highest BCUT2D eigenvalue weighted by atomic mass is 16.2. The van der Waals surface area contributed by atoms with E-state index in [2.05, 4.69) is 41.8 Å². The van der Waals surface area contributed by atoms with Gasteiger partial charge in [-0.1, -0.05) is 31.2 Å². The molecule has 2 heterocycles. The third-order valence-electron chi connectivity index (χ3n) is 4.20. The van der Waals surface area contributed by atoms with Crippen molar-refractivity contribution in [2.24, 2.45) is 0 Å². The van der Waals surface area contributed by atoms with Crippen LogP contribution in [0.3, 0.4) is 0 Å². The SMILES string of the molecule is CCc1ccc(C2CN(C3CCNC3)C(=O)N2)cc1. The van der Waals surface area contributed by atoms with Gasteiger partial charge in [-0.25, -0.2) is 4.79 Å². The van der Waals surface area contributed by atoms with Crippen LogP contribution in [0.5, 0.6) is 0 Å². The first-order valence-corrected chi connectivity index (χ1v) is 7.14. The molecule has 19 heavy (non-hydrogen) atoms. The fourth-order valence-electron chi connectivity index (χ4n) is 2.95. The zero-order chi connectivity index (χ0) is 13.2. The van der Waals surface area contributed by atoms with Crippen LogP contribution in [0.15, 0.2) is 24.3 Å². The van der Waals surface area contributed by atoms with Crippen molar-refractivity contribution in [2.75, 3.05) is 19.6 Å². The van der Waals surface area contributed by atoms with Crippen LogP contribution >= 0.6 is 0 Å². The van der Waals surface area contributed by atoms with E-state index in [9.17, 15) is 4.79 Å². The lowest BCUT2D eigenvalue weighted by Crippen LogP contribution is -2.39. The quantitative estimate of drug-likeness (QED) is 0.867. The normalized spacial score (nSPS) is 26.8. The van der Waals surface area contributed by atoms with Crippen molar-refractivity contribution < 1.29 is 4.79 Å². The largest absolute Gasteiger partial charge is 0.329 e. The Morgan fingerprint density at radius 3 is 2.74 bits per heavy atom. The van der Waals surface area contributed by atoms with E-state index in [0.717, 1.165) is 32.5 Å². The van der Waals surface area contributed by atoms with E-state index in [-0.39, 0.29) is 12.1 Å². The molecule has 2 saturated heterocycles. The lowest BCUT2D eigenvalue weighted by molar-refractivity contribution is 0.201. The van der Waals surface area contributed by atoms with E-state index in [0.29, 0.717) is 6.04 Å². The van der Waals surface area contributed by atoms with Crippen molar-refractivity contribution in [3.05, 3.63) is 35.4 Å². The van der Waals surface area contributed by atoms with Gasteiger partial charge in [-0.2, -0.15) is 0 Å². The van der Waals surface area contributed by atoms with Crippen LogP contribution in [0.1, 0.15) is 30.5 Å². The van der Waals surface area contributed by atoms with Crippen molar-refractivity contribution in [2.45, 2.75) is 31.8 Å². The predicted octanol–water partition coefficient (Wildman–Crippen LogP) is 1.68. The highest BCUT2D eigenvalue weighted by Gasteiger charge is 2.35. The Kier molecular flexibility index (Phi) is 3.42. The number of rotatable bonds is 3. The van der Waals surface area contributed by atoms with Crippen LogP contribution in [-0.4, -0.2) is 36.6 Å². The highest BCUT2D eigenvalue weighted by molar-refractivity contribution is 5.77. The van der Waals surface area contributed by atoms with Gasteiger partial charge in [-0.05, 0) is 30.5 Å². The molecule has 1 aromatic carbocycles. The maximum atomic E-state index is 12.1. The van der Waals surface area contributed by atoms with Crippen molar-refractivity contribution >= 4 is 6.03 Å². The second-order valence-electron chi connectivity index (χ2n) is 5.40. The van der Waals surface area contributed by atoms with Gasteiger partial charge in [0, 0.05) is 19.1 Å². The minimum atomic E-state index is 0.0817. The number of hydrogen-bond donors (Lipinski definition) is 2. The molecule has 2 fully saturated rings. The average molecular weight is 259 g/mol. The number of hydrogen-bond acceptors (Lipinski definition) is 2. The lowest BCUT2D eigenvalue weighted by Gasteiger charge is -2.21. The van der Waals surface area contributed by atoms with E-state index in [1.807, 2.05) is 4.90 Å². The fraction of sp³-hybridized carbons (Fsp3) is 0.533. The van der Waals surface area contributed by atoms with Crippen LogP contribution in [-0.2, 0) is 6.42 Å². The molecule has 0 bridgehead atoms. The Morgan fingerprint density at radius 1 is 1.32 bits per heavy atom. The molecule has 4 heteroatoms. The standard InChI is InChI=1S/C15H21N3O/c1-2-11-3-5-12(6-4-11)14-10-18(15(19)17-14)13-7-8-16-9-13/h3-6,13-14,16H,2,7-10H2,1H3,(H,17,19). The number of nitrogens with one attached hydrogen (secondary N) is 2. The van der Waals surface area contributed by atoms with Crippen molar-refractivity contribution in [3.63, 3.8) is 0 Å². The molecule has 2 aliphatic heterocycles. The van der Waals surface area contributed by atoms with E-state index in [1.54, 1.807) is 0 Å². The zero-order valence-electron chi connectivity index (χ0n) is 11.4. The van der Waals surface area contributed by atoms with Crippen LogP contribution in [0, 0.1) is 0 Å². The van der Waals surface area contributed by atoms with Gasteiger partial charge >= 0.3 is 6.03 Å². The van der Waals surface area contributed by atoms with Gasteiger partial charge in [0.05, 0.1) is 6.04 Å². The van der Waals surface area contributed by atoms with Crippen LogP contribution in [0.2, 0.25) is 0 Å². The maximum absolute atomic E-state index is 12.1. The van der Waals surface area contributed by atoms with Crippen molar-refractivity contribution in [1.82, 2.24) is 15.5 Å². The number of nitrogens with zero attached hydrogens (tertiary/aromatic N) is 1. The van der Waals surface area contributed by atoms with Crippen LogP contribution in [0.4, 0.5) is 4.79 Å². The van der Waals surface area contributed by atoms with Crippen molar-refractivity contribution in [3.8, 4) is 0 Å². The van der Waals surface area contributed by atoms with Gasteiger partial charge < -0.3 is 15.5 Å². The molecule has 0 radical (unpaired) electrons. The van der Waals surface area contributed by atoms with Gasteiger partial charge in [-0.15, -0.1) is 0 Å². The number of carbonyl (C=O) groups is 1. The van der Waals surface area contributed by atoms with E-state index >= 15 is 0 Å². The molecule has 2 aliphatic rings. The topological polar surface area (TPSA) is 44.4 Å². The molecule has 0 saturated carbocycles. The third-order valence-corrected chi connectivity index (χ3v) is 4.20. The molecule has 0 aliphatic carbocycles. The summed E-state index contributed by atoms with van der Waals surface area (Å²) in [6, 6.07) is 9.17. The summed E-state index contributed by atoms with van der Waals surface area (Å²) >= 11 is 0.